The van der Waals surface area contributed by atoms with Crippen LogP contribution in [-0.4, -0.2) is 37.6 Å². The number of hydrogen-bond donors (Lipinski definition) is 1. The molecule has 0 spiro atoms. The fourth-order valence-electron chi connectivity index (χ4n) is 4.81. The molecule has 3 aromatic rings. The fraction of sp³-hybridized carbons (Fsp3) is 0.300. The van der Waals surface area contributed by atoms with Crippen LogP contribution in [0.1, 0.15) is 50.3 Å². The van der Waals surface area contributed by atoms with E-state index in [0.717, 1.165) is 11.0 Å². The first-order valence-electron chi connectivity index (χ1n) is 12.6. The summed E-state index contributed by atoms with van der Waals surface area (Å²) in [6, 6.07) is 24.1. The Labute approximate surface area is 223 Å². The lowest BCUT2D eigenvalue weighted by atomic mass is 9.77. The first-order chi connectivity index (χ1) is 17.7. The van der Waals surface area contributed by atoms with E-state index in [1.165, 1.54) is 22.3 Å². The van der Waals surface area contributed by atoms with Gasteiger partial charge in [0.15, 0.2) is 0 Å². The van der Waals surface area contributed by atoms with E-state index in [0.29, 0.717) is 5.02 Å². The van der Waals surface area contributed by atoms with Crippen molar-refractivity contribution >= 4 is 30.9 Å². The Morgan fingerprint density at radius 3 is 2.05 bits per heavy atom. The number of carbonyl (C=O) groups excluding carboxylic acids is 1. The molecule has 1 amide bonds. The lowest BCUT2D eigenvalue weighted by Crippen LogP contribution is -2.41. The molecule has 5 rings (SSSR count). The van der Waals surface area contributed by atoms with E-state index in [-0.39, 0.29) is 19.1 Å². The molecule has 1 saturated heterocycles. The number of hydrogen-bond acceptors (Lipinski definition) is 4. The number of benzene rings is 3. The third-order valence-corrected chi connectivity index (χ3v) is 7.93. The van der Waals surface area contributed by atoms with Gasteiger partial charge in [-0.2, -0.15) is 0 Å². The topological polar surface area (TPSA) is 56.8 Å². The van der Waals surface area contributed by atoms with Crippen LogP contribution in [0.5, 0.6) is 0 Å². The van der Waals surface area contributed by atoms with Crippen LogP contribution < -0.4 is 5.32 Å². The SMILES string of the molecule is CC1(C)OB(C(=Cc2ccccc2Cl)CNC(=O)OCC2c3ccccc3-c3ccccc32)OC1(C)C. The molecule has 0 aromatic heterocycles. The van der Waals surface area contributed by atoms with E-state index in [1.54, 1.807) is 0 Å². The van der Waals surface area contributed by atoms with Gasteiger partial charge in [-0.1, -0.05) is 84.4 Å². The quantitative estimate of drug-likeness (QED) is 0.363. The molecule has 37 heavy (non-hydrogen) atoms. The van der Waals surface area contributed by atoms with E-state index >= 15 is 0 Å². The average molecular weight is 516 g/mol. The normalized spacial score (nSPS) is 17.9. The van der Waals surface area contributed by atoms with E-state index in [1.807, 2.05) is 82.3 Å². The Kier molecular flexibility index (Phi) is 6.92. The fourth-order valence-corrected chi connectivity index (χ4v) is 5.00. The lowest BCUT2D eigenvalue weighted by Gasteiger charge is -2.32. The number of carbonyl (C=O) groups is 1. The molecule has 7 heteroatoms. The second-order valence-electron chi connectivity index (χ2n) is 10.5. The molecule has 190 valence electrons. The van der Waals surface area contributed by atoms with Crippen molar-refractivity contribution in [3.8, 4) is 11.1 Å². The molecule has 0 unspecified atom stereocenters. The molecular weight excluding hydrogens is 485 g/mol. The van der Waals surface area contributed by atoms with Crippen LogP contribution in [0.4, 0.5) is 4.79 Å². The minimum Gasteiger partial charge on any atom is -0.449 e. The summed E-state index contributed by atoms with van der Waals surface area (Å²) in [5, 5.41) is 3.50. The van der Waals surface area contributed by atoms with Crippen molar-refractivity contribution in [3.05, 3.63) is 100.0 Å². The smallest absolute Gasteiger partial charge is 0.449 e. The van der Waals surface area contributed by atoms with Crippen molar-refractivity contribution in [3.63, 3.8) is 0 Å². The largest absolute Gasteiger partial charge is 0.492 e. The van der Waals surface area contributed by atoms with Gasteiger partial charge >= 0.3 is 13.2 Å². The van der Waals surface area contributed by atoms with Gasteiger partial charge < -0.3 is 19.4 Å². The standard InChI is InChI=1S/C30H31BClNO4/c1-29(2)30(3,4)37-31(36-29)21(17-20-11-5-10-16-27(20)32)18-33-28(34)35-19-26-24-14-8-6-12-22(24)23-13-7-9-15-25(23)26/h5-17,26H,18-19H2,1-4H3,(H,33,34). The highest BCUT2D eigenvalue weighted by atomic mass is 35.5. The van der Waals surface area contributed by atoms with Gasteiger partial charge in [0.1, 0.15) is 6.61 Å². The molecule has 1 fully saturated rings. The van der Waals surface area contributed by atoms with E-state index in [4.69, 9.17) is 25.6 Å². The minimum atomic E-state index is -0.629. The Hall–Kier alpha value is -3.06. The Bertz CT molecular complexity index is 1290. The second kappa shape index (κ2) is 10.0. The molecule has 3 aromatic carbocycles. The van der Waals surface area contributed by atoms with E-state index < -0.39 is 24.4 Å². The molecule has 1 heterocycles. The first-order valence-corrected chi connectivity index (χ1v) is 12.9. The summed E-state index contributed by atoms with van der Waals surface area (Å²) in [4.78, 5) is 12.8. The molecular formula is C30H31BClNO4. The van der Waals surface area contributed by atoms with Gasteiger partial charge in [0.25, 0.3) is 0 Å². The van der Waals surface area contributed by atoms with Crippen LogP contribution >= 0.6 is 11.6 Å². The average Bonchev–Trinajstić information content (AvgIpc) is 3.30. The highest BCUT2D eigenvalue weighted by Crippen LogP contribution is 2.44. The van der Waals surface area contributed by atoms with Gasteiger partial charge in [0, 0.05) is 17.5 Å². The molecule has 1 aliphatic heterocycles. The van der Waals surface area contributed by atoms with Gasteiger partial charge in [-0.25, -0.2) is 4.79 Å². The van der Waals surface area contributed by atoms with Crippen LogP contribution in [0, 0.1) is 0 Å². The van der Waals surface area contributed by atoms with Gasteiger partial charge in [0.2, 0.25) is 0 Å². The van der Waals surface area contributed by atoms with Gasteiger partial charge in [0.05, 0.1) is 11.2 Å². The van der Waals surface area contributed by atoms with Crippen molar-refractivity contribution < 1.29 is 18.8 Å². The molecule has 0 bridgehead atoms. The number of fused-ring (bicyclic) bond motifs is 3. The number of rotatable bonds is 6. The number of ether oxygens (including phenoxy) is 1. The molecule has 2 aliphatic rings. The number of halogens is 1. The molecule has 1 N–H and O–H groups in total. The minimum absolute atomic E-state index is 0.000569. The maximum absolute atomic E-state index is 12.8. The predicted octanol–water partition coefficient (Wildman–Crippen LogP) is 6.89. The maximum Gasteiger partial charge on any atom is 0.492 e. The molecule has 0 atom stereocenters. The zero-order valence-electron chi connectivity index (χ0n) is 21.6. The van der Waals surface area contributed by atoms with Crippen LogP contribution in [0.2, 0.25) is 5.02 Å². The van der Waals surface area contributed by atoms with Gasteiger partial charge in [-0.15, -0.1) is 0 Å². The third-order valence-electron chi connectivity index (χ3n) is 7.58. The molecule has 0 radical (unpaired) electrons. The Balaban J connectivity index is 1.30. The summed E-state index contributed by atoms with van der Waals surface area (Å²) in [6.07, 6.45) is 1.41. The van der Waals surface area contributed by atoms with Crippen LogP contribution in [0.3, 0.4) is 0 Å². The second-order valence-corrected chi connectivity index (χ2v) is 10.9. The monoisotopic (exact) mass is 515 g/mol. The maximum atomic E-state index is 12.8. The summed E-state index contributed by atoms with van der Waals surface area (Å²) in [5.74, 6) is -0.000569. The number of alkyl carbamates (subject to hydrolysis) is 1. The van der Waals surface area contributed by atoms with Crippen molar-refractivity contribution in [2.75, 3.05) is 13.2 Å². The summed E-state index contributed by atoms with van der Waals surface area (Å²) in [6.45, 7) is 8.44. The Morgan fingerprint density at radius 2 is 1.46 bits per heavy atom. The van der Waals surface area contributed by atoms with Crippen LogP contribution in [0.15, 0.2) is 78.3 Å². The van der Waals surface area contributed by atoms with Gasteiger partial charge in [-0.05, 0) is 67.1 Å². The third kappa shape index (κ3) is 5.06. The van der Waals surface area contributed by atoms with Crippen molar-refractivity contribution in [2.45, 2.75) is 44.8 Å². The zero-order valence-corrected chi connectivity index (χ0v) is 22.3. The van der Waals surface area contributed by atoms with Gasteiger partial charge in [-0.3, -0.25) is 0 Å². The Morgan fingerprint density at radius 1 is 0.919 bits per heavy atom. The lowest BCUT2D eigenvalue weighted by molar-refractivity contribution is 0.00578. The van der Waals surface area contributed by atoms with E-state index in [2.05, 4.69) is 29.6 Å². The summed E-state index contributed by atoms with van der Waals surface area (Å²) in [7, 11) is -0.629. The molecule has 5 nitrogen and oxygen atoms in total. The predicted molar refractivity (Wildman–Crippen MR) is 149 cm³/mol. The van der Waals surface area contributed by atoms with Crippen molar-refractivity contribution in [1.82, 2.24) is 5.32 Å². The highest BCUT2D eigenvalue weighted by molar-refractivity contribution is 6.56. The molecule has 1 aliphatic carbocycles. The van der Waals surface area contributed by atoms with Crippen molar-refractivity contribution in [1.29, 1.82) is 0 Å². The number of nitrogens with one attached hydrogen (secondary N) is 1. The summed E-state index contributed by atoms with van der Waals surface area (Å²) >= 11 is 6.42. The zero-order chi connectivity index (χ0) is 26.2. The first kappa shape index (κ1) is 25.6. The number of amides is 1. The summed E-state index contributed by atoms with van der Waals surface area (Å²) in [5.41, 5.74) is 5.28. The van der Waals surface area contributed by atoms with Crippen LogP contribution in [-0.2, 0) is 14.0 Å². The molecule has 0 saturated carbocycles. The highest BCUT2D eigenvalue weighted by Gasteiger charge is 2.52. The van der Waals surface area contributed by atoms with Crippen LogP contribution in [0.25, 0.3) is 17.2 Å². The van der Waals surface area contributed by atoms with E-state index in [9.17, 15) is 4.79 Å². The van der Waals surface area contributed by atoms with Crippen molar-refractivity contribution in [2.24, 2.45) is 0 Å². The summed E-state index contributed by atoms with van der Waals surface area (Å²) < 4.78 is 18.3.